The molecule has 0 amide bonds. The van der Waals surface area contributed by atoms with Crippen LogP contribution in [0.25, 0.3) is 0 Å². The monoisotopic (exact) mass is 285 g/mol. The summed E-state index contributed by atoms with van der Waals surface area (Å²) in [5.41, 5.74) is 0.959. The molecule has 1 atom stereocenters. The second kappa shape index (κ2) is 6.81. The van der Waals surface area contributed by atoms with Crippen LogP contribution in [0.5, 0.6) is 0 Å². The molecule has 0 saturated carbocycles. The fourth-order valence-corrected chi connectivity index (χ4v) is 2.08. The highest BCUT2D eigenvalue weighted by Gasteiger charge is 2.10. The van der Waals surface area contributed by atoms with Crippen molar-refractivity contribution in [2.75, 3.05) is 6.54 Å². The number of halogens is 2. The number of nitrogens with one attached hydrogen (secondary N) is 1. The Morgan fingerprint density at radius 2 is 2.25 bits per heavy atom. The van der Waals surface area contributed by atoms with Gasteiger partial charge in [-0.25, -0.2) is 4.39 Å². The van der Waals surface area contributed by atoms with E-state index in [4.69, 9.17) is 0 Å². The molecule has 1 aromatic rings. The second-order valence-electron chi connectivity index (χ2n) is 3.73. The summed E-state index contributed by atoms with van der Waals surface area (Å²) in [6, 6.07) is 5.12. The Morgan fingerprint density at radius 3 is 2.81 bits per heavy atom. The van der Waals surface area contributed by atoms with Crippen molar-refractivity contribution in [1.29, 1.82) is 0 Å². The summed E-state index contributed by atoms with van der Waals surface area (Å²) in [4.78, 5) is 0. The topological polar surface area (TPSA) is 12.0 Å². The van der Waals surface area contributed by atoms with E-state index in [1.54, 1.807) is 6.07 Å². The standard InChI is InChI=1S/C13H17BrFN/c1-3-5-13(16-6-4-2)10-7-11(14)9-12(15)8-10/h3,7-9,13,16H,1,4-6H2,2H3. The van der Waals surface area contributed by atoms with E-state index in [0.29, 0.717) is 0 Å². The van der Waals surface area contributed by atoms with E-state index in [9.17, 15) is 4.39 Å². The molecular formula is C13H17BrFN. The molecule has 88 valence electrons. The van der Waals surface area contributed by atoms with Crippen molar-refractivity contribution in [1.82, 2.24) is 5.32 Å². The molecular weight excluding hydrogens is 269 g/mol. The van der Waals surface area contributed by atoms with Crippen LogP contribution in [0.15, 0.2) is 35.3 Å². The molecule has 0 heterocycles. The number of rotatable bonds is 6. The van der Waals surface area contributed by atoms with Crippen molar-refractivity contribution in [3.8, 4) is 0 Å². The zero-order valence-electron chi connectivity index (χ0n) is 9.47. The summed E-state index contributed by atoms with van der Waals surface area (Å²) in [7, 11) is 0. The maximum atomic E-state index is 13.3. The lowest BCUT2D eigenvalue weighted by atomic mass is 10.0. The van der Waals surface area contributed by atoms with Gasteiger partial charge in [-0.1, -0.05) is 28.9 Å². The quantitative estimate of drug-likeness (QED) is 0.773. The van der Waals surface area contributed by atoms with Gasteiger partial charge in [-0.15, -0.1) is 6.58 Å². The van der Waals surface area contributed by atoms with Crippen molar-refractivity contribution in [3.63, 3.8) is 0 Å². The van der Waals surface area contributed by atoms with Gasteiger partial charge in [-0.2, -0.15) is 0 Å². The van der Waals surface area contributed by atoms with Gasteiger partial charge in [0.05, 0.1) is 0 Å². The summed E-state index contributed by atoms with van der Waals surface area (Å²) < 4.78 is 14.0. The van der Waals surface area contributed by atoms with E-state index in [2.05, 4.69) is 34.7 Å². The smallest absolute Gasteiger partial charge is 0.124 e. The molecule has 0 aliphatic rings. The highest BCUT2D eigenvalue weighted by molar-refractivity contribution is 9.10. The lowest BCUT2D eigenvalue weighted by Crippen LogP contribution is -2.21. The average molecular weight is 286 g/mol. The van der Waals surface area contributed by atoms with Crippen LogP contribution in [-0.4, -0.2) is 6.54 Å². The van der Waals surface area contributed by atoms with Crippen LogP contribution in [0.2, 0.25) is 0 Å². The summed E-state index contributed by atoms with van der Waals surface area (Å²) in [6.45, 7) is 6.77. The molecule has 0 fully saturated rings. The molecule has 0 bridgehead atoms. The fraction of sp³-hybridized carbons (Fsp3) is 0.385. The number of hydrogen-bond donors (Lipinski definition) is 1. The van der Waals surface area contributed by atoms with E-state index < -0.39 is 0 Å². The first kappa shape index (κ1) is 13.4. The predicted octanol–water partition coefficient (Wildman–Crippen LogP) is 4.21. The Balaban J connectivity index is 2.86. The minimum Gasteiger partial charge on any atom is -0.310 e. The molecule has 16 heavy (non-hydrogen) atoms. The summed E-state index contributed by atoms with van der Waals surface area (Å²) in [5.74, 6) is -0.211. The van der Waals surface area contributed by atoms with Gasteiger partial charge in [0.2, 0.25) is 0 Å². The first-order valence-electron chi connectivity index (χ1n) is 5.47. The summed E-state index contributed by atoms with van der Waals surface area (Å²) in [5, 5.41) is 3.38. The van der Waals surface area contributed by atoms with Crippen LogP contribution in [0.4, 0.5) is 4.39 Å². The van der Waals surface area contributed by atoms with Gasteiger partial charge in [0.1, 0.15) is 5.82 Å². The Morgan fingerprint density at radius 1 is 1.50 bits per heavy atom. The van der Waals surface area contributed by atoms with Crippen LogP contribution in [0, 0.1) is 5.82 Å². The molecule has 1 N–H and O–H groups in total. The van der Waals surface area contributed by atoms with Crippen molar-refractivity contribution in [2.24, 2.45) is 0 Å². The van der Waals surface area contributed by atoms with Crippen molar-refractivity contribution < 1.29 is 4.39 Å². The lowest BCUT2D eigenvalue weighted by Gasteiger charge is -2.17. The van der Waals surface area contributed by atoms with Crippen molar-refractivity contribution >= 4 is 15.9 Å². The highest BCUT2D eigenvalue weighted by Crippen LogP contribution is 2.22. The minimum absolute atomic E-state index is 0.143. The van der Waals surface area contributed by atoms with Crippen LogP contribution in [0.1, 0.15) is 31.4 Å². The molecule has 0 saturated heterocycles. The molecule has 0 radical (unpaired) electrons. The van der Waals surface area contributed by atoms with Crippen molar-refractivity contribution in [2.45, 2.75) is 25.8 Å². The van der Waals surface area contributed by atoms with Crippen LogP contribution in [0.3, 0.4) is 0 Å². The second-order valence-corrected chi connectivity index (χ2v) is 4.65. The number of benzene rings is 1. The molecule has 1 aromatic carbocycles. The molecule has 0 aliphatic heterocycles. The predicted molar refractivity (Wildman–Crippen MR) is 69.9 cm³/mol. The molecule has 3 heteroatoms. The SMILES string of the molecule is C=CCC(NCCC)c1cc(F)cc(Br)c1. The molecule has 1 rings (SSSR count). The Labute approximate surface area is 105 Å². The van der Waals surface area contributed by atoms with E-state index in [1.165, 1.54) is 6.07 Å². The van der Waals surface area contributed by atoms with Gasteiger partial charge in [-0.3, -0.25) is 0 Å². The van der Waals surface area contributed by atoms with Gasteiger partial charge < -0.3 is 5.32 Å². The van der Waals surface area contributed by atoms with Gasteiger partial charge in [-0.05, 0) is 43.1 Å². The fourth-order valence-electron chi connectivity index (χ4n) is 1.60. The average Bonchev–Trinajstić information content (AvgIpc) is 2.22. The van der Waals surface area contributed by atoms with Gasteiger partial charge >= 0.3 is 0 Å². The van der Waals surface area contributed by atoms with Gasteiger partial charge in [0, 0.05) is 10.5 Å². The molecule has 0 aliphatic carbocycles. The summed E-state index contributed by atoms with van der Waals surface area (Å²) >= 11 is 3.31. The maximum Gasteiger partial charge on any atom is 0.124 e. The van der Waals surface area contributed by atoms with E-state index >= 15 is 0 Å². The normalized spacial score (nSPS) is 12.4. The number of hydrogen-bond acceptors (Lipinski definition) is 1. The third-order valence-electron chi connectivity index (χ3n) is 2.33. The first-order chi connectivity index (χ1) is 7.67. The maximum absolute atomic E-state index is 13.3. The zero-order chi connectivity index (χ0) is 12.0. The van der Waals surface area contributed by atoms with Crippen LogP contribution in [-0.2, 0) is 0 Å². The molecule has 0 spiro atoms. The van der Waals surface area contributed by atoms with Crippen LogP contribution >= 0.6 is 15.9 Å². The molecule has 0 aromatic heterocycles. The van der Waals surface area contributed by atoms with E-state index in [-0.39, 0.29) is 11.9 Å². The van der Waals surface area contributed by atoms with Gasteiger partial charge in [0.25, 0.3) is 0 Å². The Bertz CT molecular complexity index is 332. The summed E-state index contributed by atoms with van der Waals surface area (Å²) in [6.07, 6.45) is 3.71. The van der Waals surface area contributed by atoms with Gasteiger partial charge in [0.15, 0.2) is 0 Å². The largest absolute Gasteiger partial charge is 0.310 e. The van der Waals surface area contributed by atoms with E-state index in [1.807, 2.05) is 12.1 Å². The molecule has 1 nitrogen and oxygen atoms in total. The van der Waals surface area contributed by atoms with E-state index in [0.717, 1.165) is 29.4 Å². The molecule has 1 unspecified atom stereocenters. The minimum atomic E-state index is -0.211. The Hall–Kier alpha value is -0.670. The zero-order valence-corrected chi connectivity index (χ0v) is 11.1. The lowest BCUT2D eigenvalue weighted by molar-refractivity contribution is 0.531. The van der Waals surface area contributed by atoms with Crippen LogP contribution < -0.4 is 5.32 Å². The Kier molecular flexibility index (Phi) is 5.71. The first-order valence-corrected chi connectivity index (χ1v) is 6.27. The highest BCUT2D eigenvalue weighted by atomic mass is 79.9. The third-order valence-corrected chi connectivity index (χ3v) is 2.79. The third kappa shape index (κ3) is 4.06. The van der Waals surface area contributed by atoms with Crippen molar-refractivity contribution in [3.05, 3.63) is 46.7 Å².